The lowest BCUT2D eigenvalue weighted by molar-refractivity contribution is 0.305. The van der Waals surface area contributed by atoms with Crippen molar-refractivity contribution in [3.8, 4) is 0 Å². The zero-order valence-electron chi connectivity index (χ0n) is 23.2. The summed E-state index contributed by atoms with van der Waals surface area (Å²) in [6.45, 7) is 22.8. The van der Waals surface area contributed by atoms with Gasteiger partial charge in [-0.3, -0.25) is 0 Å². The van der Waals surface area contributed by atoms with E-state index in [9.17, 15) is 0 Å². The largest absolute Gasteiger partial charge is 0.362 e. The molecule has 2 nitrogen and oxygen atoms in total. The summed E-state index contributed by atoms with van der Waals surface area (Å²) in [6.07, 6.45) is 14.0. The normalized spacial score (nSPS) is 13.7. The summed E-state index contributed by atoms with van der Waals surface area (Å²) in [5.74, 6) is 2.00. The van der Waals surface area contributed by atoms with Gasteiger partial charge in [0, 0.05) is 12.5 Å². The minimum absolute atomic E-state index is 0. The quantitative estimate of drug-likeness (QED) is 0.486. The van der Waals surface area contributed by atoms with Crippen LogP contribution in [0.15, 0.2) is 43.1 Å². The number of nitrogens with one attached hydrogen (secondary N) is 1. The Labute approximate surface area is 207 Å². The molecule has 2 heteroatoms. The third kappa shape index (κ3) is 12.1. The summed E-state index contributed by atoms with van der Waals surface area (Å²) >= 11 is 0. The number of aryl methyl sites for hydroxylation is 1. The Balaban J connectivity index is 0. The van der Waals surface area contributed by atoms with Crippen LogP contribution in [-0.4, -0.2) is 4.98 Å². The van der Waals surface area contributed by atoms with E-state index < -0.39 is 0 Å². The van der Waals surface area contributed by atoms with E-state index in [2.05, 4.69) is 88.8 Å². The molecule has 0 spiro atoms. The summed E-state index contributed by atoms with van der Waals surface area (Å²) in [7, 11) is 0. The first-order valence-electron chi connectivity index (χ1n) is 13.3. The maximum absolute atomic E-state index is 4.69. The number of rotatable bonds is 5. The van der Waals surface area contributed by atoms with Gasteiger partial charge in [0.15, 0.2) is 0 Å². The molecule has 0 amide bonds. The highest BCUT2D eigenvalue weighted by molar-refractivity contribution is 5.85. The molecule has 1 N–H and O–H groups in total. The fourth-order valence-electron chi connectivity index (χ4n) is 4.01. The summed E-state index contributed by atoms with van der Waals surface area (Å²) < 4.78 is 0. The third-order valence-corrected chi connectivity index (χ3v) is 5.66. The third-order valence-electron chi connectivity index (χ3n) is 5.66. The number of hydrogen-bond donors (Lipinski definition) is 1. The number of benzene rings is 1. The fourth-order valence-corrected chi connectivity index (χ4v) is 4.01. The van der Waals surface area contributed by atoms with Crippen LogP contribution in [0, 0.1) is 18.8 Å². The topological polar surface area (TPSA) is 24.9 Å². The molecule has 2 aromatic rings. The Morgan fingerprint density at radius 3 is 2.27 bits per heavy atom. The van der Waals surface area contributed by atoms with Crippen LogP contribution in [0.2, 0.25) is 0 Å². The number of anilines is 1. The van der Waals surface area contributed by atoms with Gasteiger partial charge in [-0.2, -0.15) is 0 Å². The first-order valence-corrected chi connectivity index (χ1v) is 13.3. The molecule has 188 valence electrons. The molecule has 0 saturated heterocycles. The predicted octanol–water partition coefficient (Wildman–Crippen LogP) is 10.8. The summed E-state index contributed by atoms with van der Waals surface area (Å²) in [5, 5.41) is 4.30. The van der Waals surface area contributed by atoms with E-state index in [4.69, 9.17) is 0 Å². The van der Waals surface area contributed by atoms with Crippen LogP contribution in [0.4, 0.5) is 5.69 Å². The Hall–Kier alpha value is -2.09. The number of pyridine rings is 1. The lowest BCUT2D eigenvalue weighted by Crippen LogP contribution is -2.08. The second kappa shape index (κ2) is 18.3. The van der Waals surface area contributed by atoms with Gasteiger partial charge >= 0.3 is 0 Å². The van der Waals surface area contributed by atoms with Gasteiger partial charge in [0.25, 0.3) is 0 Å². The predicted molar refractivity (Wildman–Crippen MR) is 155 cm³/mol. The van der Waals surface area contributed by atoms with Crippen molar-refractivity contribution in [2.75, 3.05) is 5.32 Å². The molecule has 0 aliphatic heterocycles. The Morgan fingerprint density at radius 1 is 1.15 bits per heavy atom. The van der Waals surface area contributed by atoms with Gasteiger partial charge in [-0.25, -0.2) is 4.98 Å². The van der Waals surface area contributed by atoms with Crippen molar-refractivity contribution in [1.29, 1.82) is 0 Å². The van der Waals surface area contributed by atoms with Crippen molar-refractivity contribution in [1.82, 2.24) is 4.98 Å². The number of nitrogens with zero attached hydrogens (tertiary/aromatic N) is 1. The SMILES string of the molecule is C=CNc1cc2nc(/C(C)=C/C)ccc2cc1C.CC.CC(C)CC1CCCCC1.CCC.[HH]. The Bertz CT molecular complexity index is 818. The lowest BCUT2D eigenvalue weighted by atomic mass is 9.84. The van der Waals surface area contributed by atoms with Crippen LogP contribution in [0.5, 0.6) is 0 Å². The van der Waals surface area contributed by atoms with Crippen molar-refractivity contribution in [2.45, 2.75) is 107 Å². The van der Waals surface area contributed by atoms with E-state index in [1.807, 2.05) is 20.8 Å². The molecule has 1 fully saturated rings. The van der Waals surface area contributed by atoms with Crippen molar-refractivity contribution in [3.05, 3.63) is 54.4 Å². The molecule has 1 aliphatic carbocycles. The molecular weight excluding hydrogens is 400 g/mol. The van der Waals surface area contributed by atoms with E-state index >= 15 is 0 Å². The maximum atomic E-state index is 4.69. The molecule has 0 atom stereocenters. The van der Waals surface area contributed by atoms with Crippen LogP contribution < -0.4 is 5.32 Å². The van der Waals surface area contributed by atoms with Crippen molar-refractivity contribution >= 4 is 22.2 Å². The monoisotopic (exact) mass is 454 g/mol. The molecule has 1 aromatic carbocycles. The molecule has 1 heterocycles. The molecular formula is C31H54N2. The number of allylic oxidation sites excluding steroid dienone is 2. The highest BCUT2D eigenvalue weighted by Crippen LogP contribution is 2.28. The maximum Gasteiger partial charge on any atom is 0.0730 e. The number of fused-ring (bicyclic) bond motifs is 1. The average Bonchev–Trinajstić information content (AvgIpc) is 2.81. The highest BCUT2D eigenvalue weighted by atomic mass is 14.8. The van der Waals surface area contributed by atoms with E-state index in [1.54, 1.807) is 6.20 Å². The van der Waals surface area contributed by atoms with Gasteiger partial charge in [0.1, 0.15) is 0 Å². The zero-order valence-corrected chi connectivity index (χ0v) is 23.2. The van der Waals surface area contributed by atoms with Gasteiger partial charge in [0.2, 0.25) is 0 Å². The summed E-state index contributed by atoms with van der Waals surface area (Å²) in [4.78, 5) is 4.69. The first-order chi connectivity index (χ1) is 15.9. The first kappa shape index (κ1) is 30.9. The average molecular weight is 455 g/mol. The van der Waals surface area contributed by atoms with Gasteiger partial charge in [-0.1, -0.05) is 98.8 Å². The second-order valence-electron chi connectivity index (χ2n) is 9.22. The fraction of sp³-hybridized carbons (Fsp3) is 0.581. The van der Waals surface area contributed by atoms with Crippen LogP contribution >= 0.6 is 0 Å². The molecule has 0 bridgehead atoms. The molecule has 0 unspecified atom stereocenters. The smallest absolute Gasteiger partial charge is 0.0730 e. The van der Waals surface area contributed by atoms with Gasteiger partial charge in [-0.15, -0.1) is 0 Å². The highest BCUT2D eigenvalue weighted by Gasteiger charge is 2.13. The molecule has 3 rings (SSSR count). The minimum atomic E-state index is 0. The van der Waals surface area contributed by atoms with E-state index in [0.717, 1.165) is 34.1 Å². The number of aromatic nitrogens is 1. The van der Waals surface area contributed by atoms with Gasteiger partial charge in [0.05, 0.1) is 11.2 Å². The van der Waals surface area contributed by atoms with Gasteiger partial charge in [-0.05, 0) is 74.6 Å². The van der Waals surface area contributed by atoms with E-state index in [-0.39, 0.29) is 1.43 Å². The zero-order chi connectivity index (χ0) is 25.2. The minimum Gasteiger partial charge on any atom is -0.362 e. The standard InChI is InChI=1S/C16H18N2.C10H20.C3H8.C2H6.H2/c1-5-11(3)14-8-7-13-9-12(4)15(17-6-2)10-16(13)18-14;1-9(2)8-10-6-4-3-5-7-10;1-3-2;1-2;/h5-10,17H,2H2,1,3-4H3;9-10H,3-8H2,1-2H3;3H2,1-2H3;1-2H3;1H/b11-5+;;;;. The van der Waals surface area contributed by atoms with Crippen molar-refractivity contribution in [3.63, 3.8) is 0 Å². The lowest BCUT2D eigenvalue weighted by Gasteiger charge is -2.22. The van der Waals surface area contributed by atoms with Crippen LogP contribution in [0.25, 0.3) is 16.5 Å². The summed E-state index contributed by atoms with van der Waals surface area (Å²) in [5.41, 5.74) is 5.47. The summed E-state index contributed by atoms with van der Waals surface area (Å²) in [6, 6.07) is 8.40. The molecule has 1 aliphatic rings. The molecule has 1 aromatic heterocycles. The van der Waals surface area contributed by atoms with Crippen LogP contribution in [0.3, 0.4) is 0 Å². The van der Waals surface area contributed by atoms with Gasteiger partial charge < -0.3 is 5.32 Å². The number of hydrogen-bond acceptors (Lipinski definition) is 2. The molecule has 1 saturated carbocycles. The van der Waals surface area contributed by atoms with Crippen LogP contribution in [0.1, 0.15) is 113 Å². The van der Waals surface area contributed by atoms with E-state index in [1.165, 1.54) is 56.1 Å². The van der Waals surface area contributed by atoms with E-state index in [0.29, 0.717) is 0 Å². The second-order valence-corrected chi connectivity index (χ2v) is 9.22. The molecule has 0 radical (unpaired) electrons. The molecule has 33 heavy (non-hydrogen) atoms. The van der Waals surface area contributed by atoms with Crippen molar-refractivity contribution in [2.24, 2.45) is 11.8 Å². The Kier molecular flexibility index (Phi) is 17.2. The van der Waals surface area contributed by atoms with Crippen molar-refractivity contribution < 1.29 is 1.43 Å². The Morgan fingerprint density at radius 2 is 1.76 bits per heavy atom. The van der Waals surface area contributed by atoms with Crippen LogP contribution in [-0.2, 0) is 0 Å².